The molecule has 2 aromatic rings. The summed E-state index contributed by atoms with van der Waals surface area (Å²) in [5.74, 6) is -0.104. The van der Waals surface area contributed by atoms with Crippen LogP contribution in [-0.2, 0) is 0 Å². The molecule has 110 valence electrons. The van der Waals surface area contributed by atoms with E-state index < -0.39 is 11.6 Å². The van der Waals surface area contributed by atoms with Crippen LogP contribution in [0.3, 0.4) is 0 Å². The maximum atomic E-state index is 12.3. The lowest BCUT2D eigenvalue weighted by Gasteiger charge is -2.14. The normalized spacial score (nSPS) is 12.8. The first kappa shape index (κ1) is 17.2. The van der Waals surface area contributed by atoms with E-state index in [0.29, 0.717) is 0 Å². The second-order valence-electron chi connectivity index (χ2n) is 3.76. The van der Waals surface area contributed by atoms with Gasteiger partial charge in [0.2, 0.25) is 0 Å². The Labute approximate surface area is 128 Å². The van der Waals surface area contributed by atoms with Crippen molar-refractivity contribution in [1.82, 2.24) is 0 Å². The monoisotopic (exact) mass is 341 g/mol. The number of phenolic OH excluding ortho intramolecular Hbond substituents is 1. The van der Waals surface area contributed by atoms with Gasteiger partial charge in [0.05, 0.1) is 6.04 Å². The maximum absolute atomic E-state index is 12.3. The van der Waals surface area contributed by atoms with Crippen LogP contribution in [0.1, 0.15) is 16.5 Å². The predicted molar refractivity (Wildman–Crippen MR) is 77.6 cm³/mol. The Morgan fingerprint density at radius 2 is 1.95 bits per heavy atom. The van der Waals surface area contributed by atoms with Crippen LogP contribution in [0.15, 0.2) is 40.6 Å². The molecule has 2 nitrogen and oxygen atoms in total. The largest absolute Gasteiger partial charge is 0.508 e. The molecule has 1 aromatic heterocycles. The molecule has 0 saturated carbocycles. The lowest BCUT2D eigenvalue weighted by atomic mass is 10.1. The van der Waals surface area contributed by atoms with Crippen molar-refractivity contribution in [3.63, 3.8) is 0 Å². The van der Waals surface area contributed by atoms with Gasteiger partial charge in [-0.05, 0) is 41.4 Å². The van der Waals surface area contributed by atoms with Crippen molar-refractivity contribution in [3.05, 3.63) is 46.2 Å². The minimum Gasteiger partial charge on any atom is -0.508 e. The van der Waals surface area contributed by atoms with Gasteiger partial charge in [-0.15, -0.1) is 23.7 Å². The van der Waals surface area contributed by atoms with E-state index in [9.17, 15) is 18.3 Å². The number of phenols is 1. The standard InChI is InChI=1S/C12H10F3NOS2.ClH/c13-12(14,15)19-7-3-4-9(17)8(6-7)11(16)10-2-1-5-18-10;/h1-6,11,17H,16H2;1H/t11-;/m1./s1. The Kier molecular flexibility index (Phi) is 5.76. The highest BCUT2D eigenvalue weighted by atomic mass is 35.5. The zero-order valence-corrected chi connectivity index (χ0v) is 12.4. The number of thioether (sulfide) groups is 1. The molecule has 0 radical (unpaired) electrons. The van der Waals surface area contributed by atoms with Gasteiger partial charge in [-0.25, -0.2) is 0 Å². The molecule has 1 atom stereocenters. The van der Waals surface area contributed by atoms with Gasteiger partial charge in [-0.2, -0.15) is 13.2 Å². The summed E-state index contributed by atoms with van der Waals surface area (Å²) in [4.78, 5) is 0.789. The highest BCUT2D eigenvalue weighted by molar-refractivity contribution is 8.00. The summed E-state index contributed by atoms with van der Waals surface area (Å²) >= 11 is 1.16. The van der Waals surface area contributed by atoms with Crippen molar-refractivity contribution in [2.24, 2.45) is 5.73 Å². The number of rotatable bonds is 3. The summed E-state index contributed by atoms with van der Waals surface area (Å²) in [6.07, 6.45) is 0. The second kappa shape index (κ2) is 6.71. The molecule has 1 heterocycles. The molecule has 0 aliphatic carbocycles. The molecule has 20 heavy (non-hydrogen) atoms. The number of hydrogen-bond donors (Lipinski definition) is 2. The van der Waals surface area contributed by atoms with Crippen LogP contribution in [0.25, 0.3) is 0 Å². The molecule has 0 saturated heterocycles. The number of hydrogen-bond acceptors (Lipinski definition) is 4. The van der Waals surface area contributed by atoms with E-state index in [0.717, 1.165) is 4.88 Å². The van der Waals surface area contributed by atoms with Crippen molar-refractivity contribution >= 4 is 35.5 Å². The Morgan fingerprint density at radius 1 is 1.25 bits per heavy atom. The molecule has 0 fully saturated rings. The zero-order valence-electron chi connectivity index (χ0n) is 9.92. The highest BCUT2D eigenvalue weighted by Gasteiger charge is 2.29. The Morgan fingerprint density at radius 3 is 2.50 bits per heavy atom. The van der Waals surface area contributed by atoms with Crippen molar-refractivity contribution in [2.45, 2.75) is 16.4 Å². The number of nitrogens with two attached hydrogens (primary N) is 1. The molecular formula is C12H11ClF3NOS2. The van der Waals surface area contributed by atoms with E-state index in [1.54, 1.807) is 12.1 Å². The van der Waals surface area contributed by atoms with E-state index in [-0.39, 0.29) is 40.4 Å². The topological polar surface area (TPSA) is 46.2 Å². The van der Waals surface area contributed by atoms with E-state index in [4.69, 9.17) is 5.73 Å². The summed E-state index contributed by atoms with van der Waals surface area (Å²) in [6, 6.07) is 6.67. The van der Waals surface area contributed by atoms with E-state index in [1.807, 2.05) is 5.38 Å². The quantitative estimate of drug-likeness (QED) is 0.806. The van der Waals surface area contributed by atoms with Gasteiger partial charge >= 0.3 is 5.51 Å². The third-order valence-electron chi connectivity index (χ3n) is 2.42. The number of thiophene rings is 1. The molecule has 0 aliphatic rings. The van der Waals surface area contributed by atoms with Crippen LogP contribution in [0.4, 0.5) is 13.2 Å². The van der Waals surface area contributed by atoms with Gasteiger partial charge in [0.1, 0.15) is 5.75 Å². The molecule has 1 aromatic carbocycles. The summed E-state index contributed by atoms with van der Waals surface area (Å²) in [5, 5.41) is 11.6. The minimum atomic E-state index is -4.36. The molecule has 8 heteroatoms. The van der Waals surface area contributed by atoms with Crippen molar-refractivity contribution in [2.75, 3.05) is 0 Å². The van der Waals surface area contributed by atoms with Gasteiger partial charge in [-0.1, -0.05) is 6.07 Å². The maximum Gasteiger partial charge on any atom is 0.446 e. The number of alkyl halides is 3. The van der Waals surface area contributed by atoms with Crippen LogP contribution in [0.2, 0.25) is 0 Å². The lowest BCUT2D eigenvalue weighted by molar-refractivity contribution is -0.0328. The van der Waals surface area contributed by atoms with Crippen LogP contribution in [-0.4, -0.2) is 10.6 Å². The second-order valence-corrected chi connectivity index (χ2v) is 5.88. The summed E-state index contributed by atoms with van der Waals surface area (Å²) in [5.41, 5.74) is 1.88. The summed E-state index contributed by atoms with van der Waals surface area (Å²) < 4.78 is 37.0. The van der Waals surface area contributed by atoms with Crippen molar-refractivity contribution in [3.8, 4) is 5.75 Å². The molecule has 0 amide bonds. The molecule has 0 bridgehead atoms. The van der Waals surface area contributed by atoms with Crippen molar-refractivity contribution in [1.29, 1.82) is 0 Å². The van der Waals surface area contributed by atoms with Gasteiger partial charge < -0.3 is 10.8 Å². The number of aromatic hydroxyl groups is 1. The fourth-order valence-electron chi connectivity index (χ4n) is 1.60. The van der Waals surface area contributed by atoms with Crippen LogP contribution in [0, 0.1) is 0 Å². The molecule has 0 aliphatic heterocycles. The van der Waals surface area contributed by atoms with Crippen LogP contribution in [0.5, 0.6) is 5.75 Å². The Hall–Kier alpha value is -0.890. The lowest BCUT2D eigenvalue weighted by Crippen LogP contribution is -2.10. The van der Waals surface area contributed by atoms with Crippen molar-refractivity contribution < 1.29 is 18.3 Å². The molecule has 0 spiro atoms. The van der Waals surface area contributed by atoms with Gasteiger partial charge in [0, 0.05) is 15.3 Å². The summed E-state index contributed by atoms with van der Waals surface area (Å²) in [6.45, 7) is 0. The van der Waals surface area contributed by atoms with Crippen LogP contribution < -0.4 is 5.73 Å². The van der Waals surface area contributed by atoms with E-state index >= 15 is 0 Å². The van der Waals surface area contributed by atoms with Gasteiger partial charge in [-0.3, -0.25) is 0 Å². The Bertz CT molecular complexity index is 560. The third kappa shape index (κ3) is 4.31. The Balaban J connectivity index is 0.00000200. The molecule has 0 unspecified atom stereocenters. The zero-order chi connectivity index (χ0) is 14.0. The van der Waals surface area contributed by atoms with Crippen LogP contribution >= 0.6 is 35.5 Å². The van der Waals surface area contributed by atoms with Gasteiger partial charge in [0.15, 0.2) is 0 Å². The van der Waals surface area contributed by atoms with Gasteiger partial charge in [0.25, 0.3) is 0 Å². The first-order chi connectivity index (χ1) is 8.87. The first-order valence-electron chi connectivity index (χ1n) is 5.24. The smallest absolute Gasteiger partial charge is 0.446 e. The average Bonchev–Trinajstić information content (AvgIpc) is 2.82. The third-order valence-corrected chi connectivity index (χ3v) is 4.09. The van der Waals surface area contributed by atoms with E-state index in [2.05, 4.69) is 0 Å². The SMILES string of the molecule is Cl.N[C@@H](c1cccs1)c1cc(SC(F)(F)F)ccc1O. The van der Waals surface area contributed by atoms with E-state index in [1.165, 1.54) is 29.5 Å². The predicted octanol–water partition coefficient (Wildman–Crippen LogP) is 4.54. The highest BCUT2D eigenvalue weighted by Crippen LogP contribution is 2.40. The fourth-order valence-corrected chi connectivity index (χ4v) is 2.93. The minimum absolute atomic E-state index is 0. The molecule has 2 rings (SSSR count). The summed E-state index contributed by atoms with van der Waals surface area (Å²) in [7, 11) is 0. The first-order valence-corrected chi connectivity index (χ1v) is 6.94. The average molecular weight is 342 g/mol. The molecular weight excluding hydrogens is 331 g/mol. The fraction of sp³-hybridized carbons (Fsp3) is 0.167. The number of benzene rings is 1. The number of halogens is 4. The molecule has 3 N–H and O–H groups in total.